The lowest BCUT2D eigenvalue weighted by molar-refractivity contribution is -0.184. The van der Waals surface area contributed by atoms with Crippen molar-refractivity contribution in [2.45, 2.75) is 124 Å². The highest BCUT2D eigenvalue weighted by atomic mass is 16.6. The van der Waals surface area contributed by atoms with E-state index in [1.165, 1.54) is 12.1 Å². The molecule has 0 aliphatic carbocycles. The van der Waals surface area contributed by atoms with Crippen LogP contribution in [0.4, 0.5) is 0 Å². The largest absolute Gasteiger partial charge is 0.477 e. The Balaban J connectivity index is 3.46. The predicted molar refractivity (Wildman–Crippen MR) is 153 cm³/mol. The minimum atomic E-state index is -2.04. The summed E-state index contributed by atoms with van der Waals surface area (Å²) < 4.78 is 16.9. The van der Waals surface area contributed by atoms with Crippen LogP contribution in [0.25, 0.3) is 0 Å². The van der Waals surface area contributed by atoms with Crippen molar-refractivity contribution in [2.75, 3.05) is 0 Å². The van der Waals surface area contributed by atoms with Gasteiger partial charge in [-0.15, -0.1) is 0 Å². The van der Waals surface area contributed by atoms with E-state index in [4.69, 9.17) is 14.2 Å². The molecule has 226 valence electrons. The Morgan fingerprint density at radius 1 is 0.850 bits per heavy atom. The number of nitrogens with one attached hydrogen (secondary N) is 1. The van der Waals surface area contributed by atoms with E-state index in [9.17, 15) is 24.3 Å². The minimum Gasteiger partial charge on any atom is -0.477 e. The first-order chi connectivity index (χ1) is 18.9. The minimum absolute atomic E-state index is 0.0135. The number of esters is 3. The van der Waals surface area contributed by atoms with Gasteiger partial charge in [0.25, 0.3) is 5.72 Å². The number of carboxylic acid groups (broad SMARTS) is 1. The van der Waals surface area contributed by atoms with Gasteiger partial charge in [0.15, 0.2) is 11.5 Å². The van der Waals surface area contributed by atoms with Crippen LogP contribution in [0.3, 0.4) is 0 Å². The Hall–Kier alpha value is -2.94. The Morgan fingerprint density at radius 3 is 1.93 bits per heavy atom. The van der Waals surface area contributed by atoms with Crippen LogP contribution < -0.4 is 14.8 Å². The normalized spacial score (nSPS) is 14.9. The van der Waals surface area contributed by atoms with Gasteiger partial charge in [0.1, 0.15) is 0 Å². The van der Waals surface area contributed by atoms with E-state index in [-0.39, 0.29) is 42.2 Å². The summed E-state index contributed by atoms with van der Waals surface area (Å²) in [6, 6.07) is 4.27. The quantitative estimate of drug-likeness (QED) is 0.0874. The summed E-state index contributed by atoms with van der Waals surface area (Å²) in [5, 5.41) is 13.3. The molecule has 1 aromatic carbocycles. The van der Waals surface area contributed by atoms with Crippen LogP contribution in [-0.2, 0) is 30.3 Å². The van der Waals surface area contributed by atoms with Crippen molar-refractivity contribution >= 4 is 23.9 Å². The monoisotopic (exact) mass is 563 g/mol. The third kappa shape index (κ3) is 11.3. The second-order valence-electron chi connectivity index (χ2n) is 10.7. The number of carboxylic acids is 1. The molecule has 0 aliphatic rings. The van der Waals surface area contributed by atoms with Crippen LogP contribution in [0.1, 0.15) is 112 Å². The second-order valence-corrected chi connectivity index (χ2v) is 10.7. The van der Waals surface area contributed by atoms with Gasteiger partial charge in [-0.05, 0) is 50.3 Å². The first-order valence-corrected chi connectivity index (χ1v) is 14.7. The lowest BCUT2D eigenvalue weighted by Crippen LogP contribution is -2.59. The molecule has 2 N–H and O–H groups in total. The maximum absolute atomic E-state index is 12.8. The van der Waals surface area contributed by atoms with Crippen LogP contribution in [0.15, 0.2) is 18.2 Å². The van der Waals surface area contributed by atoms with Crippen molar-refractivity contribution < 1.29 is 38.5 Å². The number of carbonyl (C=O) groups is 4. The van der Waals surface area contributed by atoms with E-state index in [1.54, 1.807) is 19.9 Å². The molecule has 9 nitrogen and oxygen atoms in total. The molecule has 9 heteroatoms. The van der Waals surface area contributed by atoms with E-state index in [0.717, 1.165) is 25.7 Å². The van der Waals surface area contributed by atoms with Crippen LogP contribution in [0.5, 0.6) is 11.5 Å². The highest BCUT2D eigenvalue weighted by Gasteiger charge is 2.44. The molecule has 3 unspecified atom stereocenters. The lowest BCUT2D eigenvalue weighted by atomic mass is 9.99. The van der Waals surface area contributed by atoms with Crippen molar-refractivity contribution in [3.63, 3.8) is 0 Å². The van der Waals surface area contributed by atoms with E-state index in [0.29, 0.717) is 31.2 Å². The number of unbranched alkanes of at least 4 members (excludes halogenated alkanes) is 2. The van der Waals surface area contributed by atoms with Gasteiger partial charge in [-0.25, -0.2) is 4.79 Å². The van der Waals surface area contributed by atoms with Crippen molar-refractivity contribution in [3.8, 4) is 11.5 Å². The lowest BCUT2D eigenvalue weighted by Gasteiger charge is -2.33. The Bertz CT molecular complexity index is 978. The molecule has 0 aliphatic heterocycles. The zero-order valence-electron chi connectivity index (χ0n) is 25.3. The van der Waals surface area contributed by atoms with E-state index < -0.39 is 29.6 Å². The second kappa shape index (κ2) is 17.7. The third-order valence-electron chi connectivity index (χ3n) is 6.84. The summed E-state index contributed by atoms with van der Waals surface area (Å²) in [5.41, 5.74) is -1.62. The summed E-state index contributed by atoms with van der Waals surface area (Å²) >= 11 is 0. The number of hydrogen-bond donors (Lipinski definition) is 2. The van der Waals surface area contributed by atoms with Gasteiger partial charge in [-0.3, -0.25) is 19.7 Å². The molecular weight excluding hydrogens is 514 g/mol. The SMILES string of the molecule is CCCCCC(=O)O[C@](Cc1ccc(OC(=O)C(C)CCC)c(OC(=O)C(C)CCC)c1)(NC(C)CC)C(=O)O. The van der Waals surface area contributed by atoms with Gasteiger partial charge < -0.3 is 19.3 Å². The van der Waals surface area contributed by atoms with Gasteiger partial charge in [0, 0.05) is 18.9 Å². The Morgan fingerprint density at radius 2 is 1.43 bits per heavy atom. The van der Waals surface area contributed by atoms with Gasteiger partial charge in [-0.2, -0.15) is 0 Å². The zero-order valence-corrected chi connectivity index (χ0v) is 25.3. The molecule has 0 saturated heterocycles. The molecule has 0 spiro atoms. The molecule has 0 amide bonds. The molecule has 0 bridgehead atoms. The van der Waals surface area contributed by atoms with Crippen molar-refractivity contribution in [2.24, 2.45) is 11.8 Å². The predicted octanol–water partition coefficient (Wildman–Crippen LogP) is 6.20. The summed E-state index contributed by atoms with van der Waals surface area (Å²) in [4.78, 5) is 50.8. The average Bonchev–Trinajstić information content (AvgIpc) is 2.90. The highest BCUT2D eigenvalue weighted by molar-refractivity contribution is 5.82. The molecule has 4 atom stereocenters. The Kier molecular flexibility index (Phi) is 15.5. The standard InChI is InChI=1S/C31H49NO8/c1-8-12-13-16-27(33)40-31(30(36)37,32-23(7)11-4)20-24-17-18-25(38-28(34)21(5)14-9-2)26(19-24)39-29(35)22(6)15-10-3/h17-19,21-23,32H,8-16,20H2,1-7H3,(H,36,37)/t21?,22?,23?,31-/m0/s1. The van der Waals surface area contributed by atoms with E-state index in [1.807, 2.05) is 34.6 Å². The first-order valence-electron chi connectivity index (χ1n) is 14.7. The number of carbonyl (C=O) groups excluding carboxylic acids is 3. The fraction of sp³-hybridized carbons (Fsp3) is 0.677. The van der Waals surface area contributed by atoms with Crippen LogP contribution in [0, 0.1) is 11.8 Å². The molecule has 40 heavy (non-hydrogen) atoms. The summed E-state index contributed by atoms with van der Waals surface area (Å²) in [6.07, 6.45) is 5.68. The number of hydrogen-bond acceptors (Lipinski definition) is 8. The van der Waals surface area contributed by atoms with Crippen molar-refractivity contribution in [1.29, 1.82) is 0 Å². The molecule has 1 rings (SSSR count). The maximum atomic E-state index is 12.8. The van der Waals surface area contributed by atoms with Gasteiger partial charge in [0.05, 0.1) is 11.8 Å². The van der Waals surface area contributed by atoms with Crippen LogP contribution in [-0.4, -0.2) is 40.8 Å². The molecule has 0 fully saturated rings. The fourth-order valence-electron chi connectivity index (χ4n) is 4.20. The number of benzene rings is 1. The molecule has 1 aromatic rings. The molecule has 0 radical (unpaired) electrons. The molecule has 0 heterocycles. The van der Waals surface area contributed by atoms with Crippen molar-refractivity contribution in [3.05, 3.63) is 23.8 Å². The first kappa shape index (κ1) is 35.1. The Labute approximate surface area is 239 Å². The maximum Gasteiger partial charge on any atom is 0.364 e. The van der Waals surface area contributed by atoms with Gasteiger partial charge in [0.2, 0.25) is 0 Å². The summed E-state index contributed by atoms with van der Waals surface area (Å²) in [5.74, 6) is -3.53. The van der Waals surface area contributed by atoms with Crippen LogP contribution in [0.2, 0.25) is 0 Å². The number of rotatable bonds is 19. The average molecular weight is 564 g/mol. The summed E-state index contributed by atoms with van der Waals surface area (Å²) in [6.45, 7) is 13.2. The highest BCUT2D eigenvalue weighted by Crippen LogP contribution is 2.32. The molecule has 0 saturated carbocycles. The molecule has 0 aromatic heterocycles. The number of aliphatic carboxylic acids is 1. The van der Waals surface area contributed by atoms with Crippen molar-refractivity contribution in [1.82, 2.24) is 5.32 Å². The van der Waals surface area contributed by atoms with Gasteiger partial charge >= 0.3 is 23.9 Å². The van der Waals surface area contributed by atoms with E-state index in [2.05, 4.69) is 5.32 Å². The summed E-state index contributed by atoms with van der Waals surface area (Å²) in [7, 11) is 0. The van der Waals surface area contributed by atoms with Gasteiger partial charge in [-0.1, -0.05) is 73.3 Å². The zero-order chi connectivity index (χ0) is 30.3. The third-order valence-corrected chi connectivity index (χ3v) is 6.84. The topological polar surface area (TPSA) is 128 Å². The van der Waals surface area contributed by atoms with Crippen LogP contribution >= 0.6 is 0 Å². The molecular formula is C31H49NO8. The van der Waals surface area contributed by atoms with E-state index >= 15 is 0 Å². The smallest absolute Gasteiger partial charge is 0.364 e. The number of ether oxygens (including phenoxy) is 3. The fourth-order valence-corrected chi connectivity index (χ4v) is 4.20.